The fourth-order valence-electron chi connectivity index (χ4n) is 7.93. The Labute approximate surface area is 368 Å². The number of nitrogens with one attached hydrogen (secondary N) is 1. The number of hydrogen-bond donors (Lipinski definition) is 3. The summed E-state index contributed by atoms with van der Waals surface area (Å²) in [6.45, 7) is 8.46. The molecule has 10 heteroatoms. The van der Waals surface area contributed by atoms with E-state index in [1.807, 2.05) is 60.7 Å². The lowest BCUT2D eigenvalue weighted by Crippen LogP contribution is -2.66. The minimum Gasteiger partial charge on any atom is -0.457 e. The standard InChI is InChI=1S/C51H81NO9/c1-4-7-9-11-13-15-17-19-27-33-43(58-39-41-29-23-21-24-30-41)36-46(54)52-48-50(49(56)45(38-53)60-51(48)57-35-6-3)61-47(55)37-44(59-40-42-31-25-22-26-32-42)34-28-20-18-16-14-12-10-8-5-2/h6,21-26,29-32,43-45,48-51,53,56H,3-5,7-20,27-28,33-40H2,1-2H3,(H,52,54)/t43-,44-,45-,48-,49-,50-,51+/m1/s1. The average molecular weight is 852 g/mol. The summed E-state index contributed by atoms with van der Waals surface area (Å²) in [6.07, 6.45) is 18.7. The molecule has 1 amide bonds. The van der Waals surface area contributed by atoms with Crippen molar-refractivity contribution in [3.63, 3.8) is 0 Å². The van der Waals surface area contributed by atoms with Crippen LogP contribution in [0.4, 0.5) is 0 Å². The fourth-order valence-corrected chi connectivity index (χ4v) is 7.93. The minimum atomic E-state index is -1.43. The van der Waals surface area contributed by atoms with Crippen LogP contribution in [0.2, 0.25) is 0 Å². The zero-order valence-electron chi connectivity index (χ0n) is 37.7. The number of amides is 1. The summed E-state index contributed by atoms with van der Waals surface area (Å²) in [5, 5.41) is 24.7. The molecule has 61 heavy (non-hydrogen) atoms. The van der Waals surface area contributed by atoms with Gasteiger partial charge in [0.25, 0.3) is 0 Å². The number of benzene rings is 2. The number of carbonyl (C=O) groups excluding carboxylic acids is 2. The Bertz CT molecular complexity index is 1390. The highest BCUT2D eigenvalue weighted by Crippen LogP contribution is 2.27. The fraction of sp³-hybridized carbons (Fsp3) is 0.686. The van der Waals surface area contributed by atoms with E-state index in [4.69, 9.17) is 23.7 Å². The van der Waals surface area contributed by atoms with Crippen LogP contribution >= 0.6 is 0 Å². The summed E-state index contributed by atoms with van der Waals surface area (Å²) in [5.74, 6) is -0.923. The predicted octanol–water partition coefficient (Wildman–Crippen LogP) is 10.5. The van der Waals surface area contributed by atoms with E-state index < -0.39 is 49.3 Å². The summed E-state index contributed by atoms with van der Waals surface area (Å²) in [6, 6.07) is 18.7. The second-order valence-electron chi connectivity index (χ2n) is 16.9. The molecule has 1 heterocycles. The maximum absolute atomic E-state index is 13.9. The largest absolute Gasteiger partial charge is 0.457 e. The van der Waals surface area contributed by atoms with E-state index in [1.54, 1.807) is 6.08 Å². The number of rotatable bonds is 36. The molecule has 0 unspecified atom stereocenters. The highest BCUT2D eigenvalue weighted by atomic mass is 16.7. The first-order chi connectivity index (χ1) is 29.9. The molecule has 1 aliphatic heterocycles. The van der Waals surface area contributed by atoms with E-state index in [-0.39, 0.29) is 31.5 Å². The van der Waals surface area contributed by atoms with Crippen LogP contribution in [-0.4, -0.2) is 78.2 Å². The first kappa shape index (κ1) is 52.2. The second-order valence-corrected chi connectivity index (χ2v) is 16.9. The van der Waals surface area contributed by atoms with Crippen molar-refractivity contribution in [3.05, 3.63) is 84.4 Å². The third-order valence-electron chi connectivity index (χ3n) is 11.6. The van der Waals surface area contributed by atoms with Gasteiger partial charge in [-0.2, -0.15) is 0 Å². The smallest absolute Gasteiger partial charge is 0.308 e. The van der Waals surface area contributed by atoms with Gasteiger partial charge in [-0.25, -0.2) is 0 Å². The third-order valence-corrected chi connectivity index (χ3v) is 11.6. The van der Waals surface area contributed by atoms with Gasteiger partial charge in [-0.1, -0.05) is 196 Å². The first-order valence-corrected chi connectivity index (χ1v) is 23.8. The minimum absolute atomic E-state index is 0.0370. The van der Waals surface area contributed by atoms with Crippen LogP contribution in [0.25, 0.3) is 0 Å². The molecule has 0 saturated carbocycles. The molecule has 1 fully saturated rings. The van der Waals surface area contributed by atoms with Crippen LogP contribution in [0.3, 0.4) is 0 Å². The predicted molar refractivity (Wildman–Crippen MR) is 243 cm³/mol. The van der Waals surface area contributed by atoms with Gasteiger partial charge in [-0.05, 0) is 24.0 Å². The number of ether oxygens (including phenoxy) is 5. The Kier molecular flexibility index (Phi) is 28.6. The molecule has 344 valence electrons. The quantitative estimate of drug-likeness (QED) is 0.0348. The van der Waals surface area contributed by atoms with Crippen LogP contribution < -0.4 is 5.32 Å². The summed E-state index contributed by atoms with van der Waals surface area (Å²) < 4.78 is 30.6. The van der Waals surface area contributed by atoms with Gasteiger partial charge in [0.2, 0.25) is 5.91 Å². The molecule has 0 spiro atoms. The molecule has 1 saturated heterocycles. The molecule has 1 aliphatic rings. The summed E-state index contributed by atoms with van der Waals surface area (Å²) >= 11 is 0. The van der Waals surface area contributed by atoms with E-state index in [0.29, 0.717) is 26.1 Å². The number of unbranched alkanes of at least 4 members (excludes halogenated alkanes) is 16. The van der Waals surface area contributed by atoms with Gasteiger partial charge in [-0.3, -0.25) is 9.59 Å². The lowest BCUT2D eigenvalue weighted by Gasteiger charge is -2.43. The molecular weight excluding hydrogens is 771 g/mol. The van der Waals surface area contributed by atoms with Crippen molar-refractivity contribution in [2.45, 2.75) is 211 Å². The highest BCUT2D eigenvalue weighted by Gasteiger charge is 2.48. The van der Waals surface area contributed by atoms with Gasteiger partial charge >= 0.3 is 5.97 Å². The lowest BCUT2D eigenvalue weighted by molar-refractivity contribution is -0.271. The van der Waals surface area contributed by atoms with Crippen molar-refractivity contribution in [2.24, 2.45) is 0 Å². The van der Waals surface area contributed by atoms with Crippen molar-refractivity contribution >= 4 is 11.9 Å². The van der Waals surface area contributed by atoms with Crippen molar-refractivity contribution in [3.8, 4) is 0 Å². The van der Waals surface area contributed by atoms with Crippen molar-refractivity contribution in [2.75, 3.05) is 13.2 Å². The molecule has 2 aromatic rings. The summed E-state index contributed by atoms with van der Waals surface area (Å²) in [4.78, 5) is 27.8. The van der Waals surface area contributed by atoms with E-state index >= 15 is 0 Å². The molecule has 0 radical (unpaired) electrons. The van der Waals surface area contributed by atoms with E-state index in [1.165, 1.54) is 77.0 Å². The second kappa shape index (κ2) is 33.4. The summed E-state index contributed by atoms with van der Waals surface area (Å²) in [7, 11) is 0. The topological polar surface area (TPSA) is 133 Å². The van der Waals surface area contributed by atoms with Crippen molar-refractivity contribution < 1.29 is 43.5 Å². The Morgan fingerprint density at radius 1 is 0.705 bits per heavy atom. The van der Waals surface area contributed by atoms with Crippen molar-refractivity contribution in [1.82, 2.24) is 5.32 Å². The molecule has 0 bridgehead atoms. The SMILES string of the molecule is C=CCO[C@H]1O[C@H](CO)[C@@H](O)[C@H](OC(=O)C[C@@H](CCCCCCCCCCC)OCc2ccccc2)[C@H]1NC(=O)C[C@@H](CCCCCCCCCCC)OCc1ccccc1. The Hall–Kier alpha value is -3.12. The third kappa shape index (κ3) is 22.7. The van der Waals surface area contributed by atoms with Gasteiger partial charge in [0.15, 0.2) is 12.4 Å². The van der Waals surface area contributed by atoms with Crippen LogP contribution in [0, 0.1) is 0 Å². The van der Waals surface area contributed by atoms with E-state index in [2.05, 4.69) is 25.7 Å². The maximum atomic E-state index is 13.9. The molecule has 0 aromatic heterocycles. The van der Waals surface area contributed by atoms with Gasteiger partial charge < -0.3 is 39.2 Å². The van der Waals surface area contributed by atoms with Gasteiger partial charge in [0.05, 0.1) is 51.5 Å². The monoisotopic (exact) mass is 852 g/mol. The Morgan fingerprint density at radius 2 is 1.16 bits per heavy atom. The van der Waals surface area contributed by atoms with Crippen LogP contribution in [0.5, 0.6) is 0 Å². The van der Waals surface area contributed by atoms with Gasteiger partial charge in [0.1, 0.15) is 18.2 Å². The van der Waals surface area contributed by atoms with Crippen molar-refractivity contribution in [1.29, 1.82) is 0 Å². The molecule has 3 rings (SSSR count). The average Bonchev–Trinajstić information content (AvgIpc) is 3.27. The maximum Gasteiger partial charge on any atom is 0.308 e. The van der Waals surface area contributed by atoms with Crippen LogP contribution in [0.15, 0.2) is 73.3 Å². The van der Waals surface area contributed by atoms with E-state index in [9.17, 15) is 19.8 Å². The molecule has 10 nitrogen and oxygen atoms in total. The number of esters is 1. The first-order valence-electron chi connectivity index (χ1n) is 23.8. The number of aliphatic hydroxyl groups excluding tert-OH is 2. The number of hydrogen-bond acceptors (Lipinski definition) is 9. The number of carbonyl (C=O) groups is 2. The Morgan fingerprint density at radius 3 is 1.62 bits per heavy atom. The van der Waals surface area contributed by atoms with Gasteiger partial charge in [0, 0.05) is 0 Å². The molecule has 2 aromatic carbocycles. The molecule has 7 atom stereocenters. The Balaban J connectivity index is 1.69. The number of aliphatic hydroxyl groups is 2. The summed E-state index contributed by atoms with van der Waals surface area (Å²) in [5.41, 5.74) is 2.03. The van der Waals surface area contributed by atoms with Crippen LogP contribution in [0.1, 0.15) is 166 Å². The highest BCUT2D eigenvalue weighted by molar-refractivity contribution is 5.77. The zero-order valence-corrected chi connectivity index (χ0v) is 37.7. The lowest BCUT2D eigenvalue weighted by atomic mass is 9.96. The molecular formula is C51H81NO9. The van der Waals surface area contributed by atoms with Gasteiger partial charge in [-0.15, -0.1) is 6.58 Å². The van der Waals surface area contributed by atoms with E-state index in [0.717, 1.165) is 49.7 Å². The molecule has 3 N–H and O–H groups in total. The molecule has 0 aliphatic carbocycles. The normalized spacial score (nSPS) is 19.9. The zero-order chi connectivity index (χ0) is 43.8. The van der Waals surface area contributed by atoms with Crippen LogP contribution in [-0.2, 0) is 46.5 Å².